The number of aryl methyl sites for hydroxylation is 1. The van der Waals surface area contributed by atoms with Gasteiger partial charge in [-0.1, -0.05) is 19.1 Å². The van der Waals surface area contributed by atoms with Crippen LogP contribution in [0.1, 0.15) is 18.9 Å². The van der Waals surface area contributed by atoms with Crippen LogP contribution in [0.25, 0.3) is 0 Å². The van der Waals surface area contributed by atoms with Gasteiger partial charge >= 0.3 is 12.2 Å². The molecule has 0 bridgehead atoms. The number of alkyl halides is 3. The molecule has 1 aromatic rings. The van der Waals surface area contributed by atoms with Gasteiger partial charge in [0, 0.05) is 31.9 Å². The van der Waals surface area contributed by atoms with E-state index < -0.39 is 24.5 Å². The Kier molecular flexibility index (Phi) is 7.24. The summed E-state index contributed by atoms with van der Waals surface area (Å²) >= 11 is 0. The molecular weight excluding hydrogens is 377 g/mol. The number of nitrogens with zero attached hydrogens (tertiary/aromatic N) is 2. The minimum Gasteiger partial charge on any atom is -0.339 e. The van der Waals surface area contributed by atoms with Crippen LogP contribution in [-0.2, 0) is 16.0 Å². The number of urea groups is 1. The predicted molar refractivity (Wildman–Crippen MR) is 96.7 cm³/mol. The molecule has 1 saturated heterocycles. The lowest BCUT2D eigenvalue weighted by molar-refractivity contribution is -0.162. The molecule has 0 aromatic heterocycles. The summed E-state index contributed by atoms with van der Waals surface area (Å²) in [4.78, 5) is 38.1. The van der Waals surface area contributed by atoms with E-state index in [1.807, 2.05) is 25.1 Å². The maximum absolute atomic E-state index is 12.3. The van der Waals surface area contributed by atoms with E-state index in [4.69, 9.17) is 0 Å². The standard InChI is InChI=1S/C18H23F3N4O3/c1-2-13-4-3-5-14(10-13)23-15(26)12-22-17(28)25-8-6-24(7-9-25)16(27)11-18(19,20)21/h3-5,10H,2,6-9,11-12H2,1H3,(H,22,28)(H,23,26). The van der Waals surface area contributed by atoms with Crippen molar-refractivity contribution in [3.63, 3.8) is 0 Å². The third-order valence-corrected chi connectivity index (χ3v) is 4.29. The van der Waals surface area contributed by atoms with Gasteiger partial charge in [-0.25, -0.2) is 4.79 Å². The number of carbonyl (C=O) groups excluding carboxylic acids is 3. The van der Waals surface area contributed by atoms with Gasteiger partial charge in [-0.3, -0.25) is 9.59 Å². The highest BCUT2D eigenvalue weighted by Gasteiger charge is 2.34. The summed E-state index contributed by atoms with van der Waals surface area (Å²) in [7, 11) is 0. The highest BCUT2D eigenvalue weighted by Crippen LogP contribution is 2.21. The number of rotatable bonds is 5. The van der Waals surface area contributed by atoms with Gasteiger partial charge in [0.05, 0.1) is 6.54 Å². The van der Waals surface area contributed by atoms with Gasteiger partial charge in [-0.05, 0) is 24.1 Å². The van der Waals surface area contributed by atoms with Crippen molar-refractivity contribution in [1.82, 2.24) is 15.1 Å². The van der Waals surface area contributed by atoms with E-state index in [0.29, 0.717) is 5.69 Å². The van der Waals surface area contributed by atoms with Crippen LogP contribution in [0.15, 0.2) is 24.3 Å². The van der Waals surface area contributed by atoms with Crippen LogP contribution in [0.2, 0.25) is 0 Å². The maximum atomic E-state index is 12.3. The molecule has 1 aliphatic heterocycles. The number of anilines is 1. The Labute approximate surface area is 160 Å². The van der Waals surface area contributed by atoms with Crippen LogP contribution in [0.5, 0.6) is 0 Å². The van der Waals surface area contributed by atoms with Gasteiger partial charge in [0.25, 0.3) is 0 Å². The normalized spacial score (nSPS) is 14.6. The lowest BCUT2D eigenvalue weighted by Gasteiger charge is -2.34. The molecule has 28 heavy (non-hydrogen) atoms. The first-order valence-corrected chi connectivity index (χ1v) is 8.94. The summed E-state index contributed by atoms with van der Waals surface area (Å²) in [6, 6.07) is 6.86. The quantitative estimate of drug-likeness (QED) is 0.793. The van der Waals surface area contributed by atoms with Crippen LogP contribution >= 0.6 is 0 Å². The minimum atomic E-state index is -4.55. The van der Waals surface area contributed by atoms with E-state index >= 15 is 0 Å². The Morgan fingerprint density at radius 3 is 2.32 bits per heavy atom. The highest BCUT2D eigenvalue weighted by molar-refractivity contribution is 5.94. The van der Waals surface area contributed by atoms with Gasteiger partial charge in [0.1, 0.15) is 6.42 Å². The maximum Gasteiger partial charge on any atom is 0.397 e. The zero-order chi connectivity index (χ0) is 20.7. The van der Waals surface area contributed by atoms with Crippen molar-refractivity contribution in [3.05, 3.63) is 29.8 Å². The third kappa shape index (κ3) is 6.75. The third-order valence-electron chi connectivity index (χ3n) is 4.29. The van der Waals surface area contributed by atoms with E-state index in [9.17, 15) is 27.6 Å². The van der Waals surface area contributed by atoms with Crippen LogP contribution in [0.4, 0.5) is 23.7 Å². The number of hydrogen-bond donors (Lipinski definition) is 2. The molecule has 0 saturated carbocycles. The topological polar surface area (TPSA) is 81.8 Å². The van der Waals surface area contributed by atoms with E-state index in [1.54, 1.807) is 6.07 Å². The lowest BCUT2D eigenvalue weighted by atomic mass is 10.1. The summed E-state index contributed by atoms with van der Waals surface area (Å²) in [6.07, 6.45) is -5.22. The molecule has 1 heterocycles. The Morgan fingerprint density at radius 2 is 1.71 bits per heavy atom. The van der Waals surface area contributed by atoms with Crippen molar-refractivity contribution >= 4 is 23.5 Å². The zero-order valence-corrected chi connectivity index (χ0v) is 15.5. The summed E-state index contributed by atoms with van der Waals surface area (Å²) in [5, 5.41) is 5.16. The van der Waals surface area contributed by atoms with Crippen LogP contribution < -0.4 is 10.6 Å². The number of nitrogens with one attached hydrogen (secondary N) is 2. The van der Waals surface area contributed by atoms with Gasteiger partial charge < -0.3 is 20.4 Å². The van der Waals surface area contributed by atoms with Gasteiger partial charge in [-0.15, -0.1) is 0 Å². The first kappa shape index (κ1) is 21.5. The van der Waals surface area contributed by atoms with Gasteiger partial charge in [-0.2, -0.15) is 13.2 Å². The van der Waals surface area contributed by atoms with Crippen LogP contribution in [0.3, 0.4) is 0 Å². The largest absolute Gasteiger partial charge is 0.397 e. The smallest absolute Gasteiger partial charge is 0.339 e. The van der Waals surface area contributed by atoms with Crippen molar-refractivity contribution in [2.24, 2.45) is 0 Å². The molecule has 4 amide bonds. The van der Waals surface area contributed by atoms with E-state index in [1.165, 1.54) is 4.90 Å². The number of carbonyl (C=O) groups is 3. The van der Waals surface area contributed by atoms with Crippen LogP contribution in [-0.4, -0.2) is 66.5 Å². The molecular formula is C18H23F3N4O3. The van der Waals surface area contributed by atoms with E-state index in [-0.39, 0.29) is 38.6 Å². The molecule has 1 fully saturated rings. The molecule has 0 unspecified atom stereocenters. The second-order valence-electron chi connectivity index (χ2n) is 6.42. The molecule has 1 aliphatic rings. The molecule has 2 N–H and O–H groups in total. The number of hydrogen-bond acceptors (Lipinski definition) is 3. The first-order valence-electron chi connectivity index (χ1n) is 8.94. The molecule has 7 nitrogen and oxygen atoms in total. The van der Waals surface area contributed by atoms with E-state index in [0.717, 1.165) is 16.9 Å². The lowest BCUT2D eigenvalue weighted by Crippen LogP contribution is -2.54. The predicted octanol–water partition coefficient (Wildman–Crippen LogP) is 1.99. The molecule has 0 atom stereocenters. The van der Waals surface area contributed by atoms with Crippen LogP contribution in [0, 0.1) is 0 Å². The van der Waals surface area contributed by atoms with Crippen molar-refractivity contribution in [2.45, 2.75) is 25.9 Å². The first-order chi connectivity index (χ1) is 13.2. The van der Waals surface area contributed by atoms with E-state index in [2.05, 4.69) is 10.6 Å². The average molecular weight is 400 g/mol. The van der Waals surface area contributed by atoms with Crippen molar-refractivity contribution in [3.8, 4) is 0 Å². The summed E-state index contributed by atoms with van der Waals surface area (Å²) in [5.74, 6) is -1.39. The molecule has 10 heteroatoms. The Bertz CT molecular complexity index is 716. The molecule has 2 rings (SSSR count). The zero-order valence-electron chi connectivity index (χ0n) is 15.5. The fourth-order valence-corrected chi connectivity index (χ4v) is 2.78. The highest BCUT2D eigenvalue weighted by atomic mass is 19.4. The Hall–Kier alpha value is -2.78. The SMILES string of the molecule is CCc1cccc(NC(=O)CNC(=O)N2CCN(C(=O)CC(F)(F)F)CC2)c1. The summed E-state index contributed by atoms with van der Waals surface area (Å²) < 4.78 is 36.8. The summed E-state index contributed by atoms with van der Waals surface area (Å²) in [6.45, 7) is 2.03. The Morgan fingerprint density at radius 1 is 1.07 bits per heavy atom. The molecule has 1 aromatic carbocycles. The van der Waals surface area contributed by atoms with Crippen molar-refractivity contribution in [2.75, 3.05) is 38.0 Å². The van der Waals surface area contributed by atoms with Crippen molar-refractivity contribution < 1.29 is 27.6 Å². The monoisotopic (exact) mass is 400 g/mol. The van der Waals surface area contributed by atoms with Gasteiger partial charge in [0.15, 0.2) is 0 Å². The fourth-order valence-electron chi connectivity index (χ4n) is 2.78. The minimum absolute atomic E-state index is 0.0261. The van der Waals surface area contributed by atoms with Crippen molar-refractivity contribution in [1.29, 1.82) is 0 Å². The fraction of sp³-hybridized carbons (Fsp3) is 0.500. The second-order valence-corrected chi connectivity index (χ2v) is 6.42. The molecule has 154 valence electrons. The summed E-state index contributed by atoms with van der Waals surface area (Å²) in [5.41, 5.74) is 1.70. The Balaban J connectivity index is 1.73. The molecule has 0 spiro atoms. The number of halogens is 3. The molecule has 0 aliphatic carbocycles. The van der Waals surface area contributed by atoms with Gasteiger partial charge in [0.2, 0.25) is 11.8 Å². The number of amides is 4. The second kappa shape index (κ2) is 9.43. The average Bonchev–Trinajstić information content (AvgIpc) is 2.65. The molecule has 0 radical (unpaired) electrons. The number of benzene rings is 1. The number of piperazine rings is 1.